The first-order valence-electron chi connectivity index (χ1n) is 22.5. The van der Waals surface area contributed by atoms with Crippen LogP contribution < -0.4 is 4.90 Å². The normalized spacial score (nSPS) is 11.8. The van der Waals surface area contributed by atoms with Crippen LogP contribution >= 0.6 is 0 Å². The van der Waals surface area contributed by atoms with Gasteiger partial charge in [-0.1, -0.05) is 163 Å². The molecule has 0 bridgehead atoms. The van der Waals surface area contributed by atoms with Gasteiger partial charge in [-0.3, -0.25) is 0 Å². The van der Waals surface area contributed by atoms with Crippen molar-refractivity contribution >= 4 is 70.7 Å². The van der Waals surface area contributed by atoms with Crippen LogP contribution in [0.2, 0.25) is 0 Å². The SMILES string of the molecule is Cc1ccc(S(=O)(=O)n2c3ccccc3c3ccc(-n4c5ccccc5c5cc(-c6ccc(N(c7ccc(-c8ccccc8)cc7)c7ccc(-c8ccccc8)cc7)cc6)ccc54)cc32)cc1. The Bertz CT molecular complexity index is 3810. The molecule has 0 aliphatic rings. The molecule has 0 radical (unpaired) electrons. The predicted molar refractivity (Wildman–Crippen MR) is 279 cm³/mol. The maximum atomic E-state index is 14.5. The fraction of sp³-hybridized carbons (Fsp3) is 0.0164. The minimum Gasteiger partial charge on any atom is -0.311 e. The zero-order valence-corrected chi connectivity index (χ0v) is 37.5. The van der Waals surface area contributed by atoms with Gasteiger partial charge in [0, 0.05) is 44.3 Å². The molecule has 0 atom stereocenters. The quantitative estimate of drug-likeness (QED) is 0.145. The molecule has 0 saturated heterocycles. The van der Waals surface area contributed by atoms with E-state index < -0.39 is 10.0 Å². The summed E-state index contributed by atoms with van der Waals surface area (Å²) in [5.74, 6) is 0. The summed E-state index contributed by atoms with van der Waals surface area (Å²) in [5, 5.41) is 4.01. The van der Waals surface area contributed by atoms with Gasteiger partial charge in [0.1, 0.15) is 0 Å². The Morgan fingerprint density at radius 1 is 0.343 bits per heavy atom. The van der Waals surface area contributed by atoms with Crippen LogP contribution in [0.1, 0.15) is 5.56 Å². The molecule has 10 aromatic carbocycles. The monoisotopic (exact) mass is 881 g/mol. The summed E-state index contributed by atoms with van der Waals surface area (Å²) < 4.78 is 32.8. The van der Waals surface area contributed by atoms with Crippen LogP contribution in [0.25, 0.3) is 82.7 Å². The molecule has 12 aromatic rings. The van der Waals surface area contributed by atoms with Crippen molar-refractivity contribution in [2.75, 3.05) is 4.90 Å². The molecule has 0 saturated carbocycles. The summed E-state index contributed by atoms with van der Waals surface area (Å²) in [7, 11) is -3.93. The van der Waals surface area contributed by atoms with Crippen molar-refractivity contribution < 1.29 is 8.42 Å². The van der Waals surface area contributed by atoms with E-state index in [-0.39, 0.29) is 4.90 Å². The summed E-state index contributed by atoms with van der Waals surface area (Å²) in [6.07, 6.45) is 0. The van der Waals surface area contributed by atoms with E-state index in [9.17, 15) is 8.42 Å². The zero-order chi connectivity index (χ0) is 45.1. The standard InChI is InChI=1S/C61H43N3O2S/c1-42-20-36-53(37-21-42)67(65,66)64-60-19-11-9-16-54(60)56-38-35-52(41-61(56)64)63-58-18-10-8-17-55(58)57-40-48(28-39-59(57)63)47-26-33-51(34-27-47)62(49-29-22-45(23-30-49)43-12-4-2-5-13-43)50-31-24-46(25-32-50)44-14-6-3-7-15-44/h2-41H,1H3. The van der Waals surface area contributed by atoms with Crippen LogP contribution in [0.4, 0.5) is 17.1 Å². The Labute approximate surface area is 389 Å². The number of para-hydroxylation sites is 2. The lowest BCUT2D eigenvalue weighted by molar-refractivity contribution is 0.590. The number of aryl methyl sites for hydroxylation is 1. The van der Waals surface area contributed by atoms with Gasteiger partial charge in [-0.2, -0.15) is 0 Å². The van der Waals surface area contributed by atoms with Gasteiger partial charge >= 0.3 is 0 Å². The van der Waals surface area contributed by atoms with Crippen LogP contribution in [0, 0.1) is 6.92 Å². The van der Waals surface area contributed by atoms with Crippen molar-refractivity contribution in [2.45, 2.75) is 11.8 Å². The van der Waals surface area contributed by atoms with Gasteiger partial charge in [-0.25, -0.2) is 12.4 Å². The maximum Gasteiger partial charge on any atom is 0.268 e. The van der Waals surface area contributed by atoms with E-state index >= 15 is 0 Å². The van der Waals surface area contributed by atoms with Gasteiger partial charge in [-0.15, -0.1) is 0 Å². The average Bonchev–Trinajstić information content (AvgIpc) is 3.90. The molecule has 0 aliphatic heterocycles. The number of nitrogens with zero attached hydrogens (tertiary/aromatic N) is 3. The molecule has 0 fully saturated rings. The van der Waals surface area contributed by atoms with Crippen molar-refractivity contribution in [1.29, 1.82) is 0 Å². The molecule has 2 aromatic heterocycles. The van der Waals surface area contributed by atoms with Crippen molar-refractivity contribution in [3.63, 3.8) is 0 Å². The van der Waals surface area contributed by atoms with Crippen LogP contribution in [0.15, 0.2) is 248 Å². The number of benzene rings is 10. The molecule has 0 unspecified atom stereocenters. The molecule has 320 valence electrons. The van der Waals surface area contributed by atoms with E-state index in [1.54, 1.807) is 12.1 Å². The Hall–Kier alpha value is -8.45. The molecule has 0 N–H and O–H groups in total. The number of fused-ring (bicyclic) bond motifs is 6. The Morgan fingerprint density at radius 3 is 1.34 bits per heavy atom. The number of hydrogen-bond donors (Lipinski definition) is 0. The molecule has 67 heavy (non-hydrogen) atoms. The summed E-state index contributed by atoms with van der Waals surface area (Å²) in [5.41, 5.74) is 15.4. The first-order chi connectivity index (χ1) is 32.9. The predicted octanol–water partition coefficient (Wildman–Crippen LogP) is 15.9. The topological polar surface area (TPSA) is 47.2 Å². The lowest BCUT2D eigenvalue weighted by Crippen LogP contribution is -2.13. The van der Waals surface area contributed by atoms with Crippen molar-refractivity contribution in [3.8, 4) is 39.1 Å². The smallest absolute Gasteiger partial charge is 0.268 e. The van der Waals surface area contributed by atoms with Gasteiger partial charge < -0.3 is 9.47 Å². The fourth-order valence-electron chi connectivity index (χ4n) is 9.69. The van der Waals surface area contributed by atoms with E-state index in [0.29, 0.717) is 11.0 Å². The summed E-state index contributed by atoms with van der Waals surface area (Å²) in [6, 6.07) is 83.5. The first-order valence-corrected chi connectivity index (χ1v) is 23.9. The van der Waals surface area contributed by atoms with Crippen molar-refractivity contribution in [1.82, 2.24) is 8.54 Å². The van der Waals surface area contributed by atoms with Gasteiger partial charge in [0.25, 0.3) is 10.0 Å². The summed E-state index contributed by atoms with van der Waals surface area (Å²) in [4.78, 5) is 2.57. The number of anilines is 3. The molecule has 0 aliphatic carbocycles. The van der Waals surface area contributed by atoms with Gasteiger partial charge in [0.05, 0.1) is 27.0 Å². The highest BCUT2D eigenvalue weighted by atomic mass is 32.2. The number of aromatic nitrogens is 2. The third-order valence-electron chi connectivity index (χ3n) is 13.0. The van der Waals surface area contributed by atoms with Crippen LogP contribution in [-0.4, -0.2) is 17.0 Å². The highest BCUT2D eigenvalue weighted by Gasteiger charge is 2.24. The molecule has 2 heterocycles. The fourth-order valence-corrected chi connectivity index (χ4v) is 11.2. The molecule has 6 heteroatoms. The Kier molecular flexibility index (Phi) is 9.70. The highest BCUT2D eigenvalue weighted by molar-refractivity contribution is 7.90. The molecule has 5 nitrogen and oxygen atoms in total. The second kappa shape index (κ2) is 16.2. The second-order valence-electron chi connectivity index (χ2n) is 17.1. The second-order valence-corrected chi connectivity index (χ2v) is 18.9. The minimum absolute atomic E-state index is 0.256. The van der Waals surface area contributed by atoms with Crippen molar-refractivity contribution in [2.24, 2.45) is 0 Å². The van der Waals surface area contributed by atoms with E-state index in [0.717, 1.165) is 72.0 Å². The van der Waals surface area contributed by atoms with Gasteiger partial charge in [-0.05, 0) is 125 Å². The Balaban J connectivity index is 0.938. The van der Waals surface area contributed by atoms with Crippen LogP contribution in [0.3, 0.4) is 0 Å². The minimum atomic E-state index is -3.93. The summed E-state index contributed by atoms with van der Waals surface area (Å²) in [6.45, 7) is 1.96. The van der Waals surface area contributed by atoms with E-state index in [1.165, 1.54) is 26.2 Å². The third-order valence-corrected chi connectivity index (χ3v) is 14.8. The number of hydrogen-bond acceptors (Lipinski definition) is 3. The highest BCUT2D eigenvalue weighted by Crippen LogP contribution is 2.41. The van der Waals surface area contributed by atoms with Gasteiger partial charge in [0.15, 0.2) is 0 Å². The molecule has 0 amide bonds. The van der Waals surface area contributed by atoms with E-state index in [1.807, 2.05) is 61.5 Å². The van der Waals surface area contributed by atoms with E-state index in [4.69, 9.17) is 0 Å². The van der Waals surface area contributed by atoms with Gasteiger partial charge in [0.2, 0.25) is 0 Å². The molecule has 12 rings (SSSR count). The van der Waals surface area contributed by atoms with Crippen molar-refractivity contribution in [3.05, 3.63) is 248 Å². The Morgan fingerprint density at radius 2 is 0.776 bits per heavy atom. The lowest BCUT2D eigenvalue weighted by atomic mass is 10.0. The van der Waals surface area contributed by atoms with E-state index in [2.05, 4.69) is 185 Å². The number of rotatable bonds is 9. The molecular formula is C61H43N3O2S. The summed E-state index contributed by atoms with van der Waals surface area (Å²) >= 11 is 0. The van der Waals surface area contributed by atoms with Crippen LogP contribution in [0.5, 0.6) is 0 Å². The average molecular weight is 882 g/mol. The zero-order valence-electron chi connectivity index (χ0n) is 36.7. The lowest BCUT2D eigenvalue weighted by Gasteiger charge is -2.26. The molecular weight excluding hydrogens is 839 g/mol. The molecule has 0 spiro atoms. The maximum absolute atomic E-state index is 14.5. The van der Waals surface area contributed by atoms with Crippen LogP contribution in [-0.2, 0) is 10.0 Å². The first kappa shape index (κ1) is 40.1. The largest absolute Gasteiger partial charge is 0.311 e. The third kappa shape index (κ3) is 6.98.